The lowest BCUT2D eigenvalue weighted by Gasteiger charge is -2.33. The minimum atomic E-state index is -1.28. The van der Waals surface area contributed by atoms with Gasteiger partial charge in [0, 0.05) is 0 Å². The molecule has 4 N–H and O–H groups in total. The first-order valence-corrected chi connectivity index (χ1v) is 11.0. The van der Waals surface area contributed by atoms with Crippen molar-refractivity contribution >= 4 is 0 Å². The topological polar surface area (TPSA) is 94.2 Å². The zero-order valence-corrected chi connectivity index (χ0v) is 19.3. The van der Waals surface area contributed by atoms with E-state index in [1.807, 2.05) is 73.7 Å². The third kappa shape index (κ3) is 6.26. The number of hydrogen-bond donors (Lipinski definition) is 3. The molecule has 0 bridgehead atoms. The van der Waals surface area contributed by atoms with Gasteiger partial charge in [-0.05, 0) is 66.3 Å². The summed E-state index contributed by atoms with van der Waals surface area (Å²) < 4.78 is 16.2. The number of ether oxygens (including phenoxy) is 3. The number of hydrogen-bond acceptors (Lipinski definition) is 6. The van der Waals surface area contributed by atoms with Crippen LogP contribution in [-0.4, -0.2) is 36.8 Å². The van der Waals surface area contributed by atoms with Gasteiger partial charge in [-0.2, -0.15) is 0 Å². The van der Waals surface area contributed by atoms with Crippen molar-refractivity contribution in [3.05, 3.63) is 90.0 Å². The molecule has 0 spiro atoms. The van der Waals surface area contributed by atoms with Gasteiger partial charge in [-0.25, -0.2) is 0 Å². The van der Waals surface area contributed by atoms with Gasteiger partial charge < -0.3 is 24.4 Å². The van der Waals surface area contributed by atoms with Crippen LogP contribution >= 0.6 is 0 Å². The van der Waals surface area contributed by atoms with Gasteiger partial charge in [-0.3, -0.25) is 5.73 Å². The highest BCUT2D eigenvalue weighted by molar-refractivity contribution is 5.41. The second-order valence-corrected chi connectivity index (χ2v) is 8.33. The van der Waals surface area contributed by atoms with E-state index in [1.54, 1.807) is 26.4 Å². The Bertz CT molecular complexity index is 928. The van der Waals surface area contributed by atoms with E-state index in [-0.39, 0.29) is 5.92 Å². The molecule has 0 aliphatic carbocycles. The molecule has 0 saturated heterocycles. The highest BCUT2D eigenvalue weighted by atomic mass is 16.5. The van der Waals surface area contributed by atoms with Crippen molar-refractivity contribution in [2.45, 2.75) is 37.7 Å². The normalized spacial score (nSPS) is 14.2. The largest absolute Gasteiger partial charge is 0.497 e. The molecule has 0 aromatic heterocycles. The van der Waals surface area contributed by atoms with Crippen molar-refractivity contribution in [1.82, 2.24) is 0 Å². The van der Waals surface area contributed by atoms with E-state index in [1.165, 1.54) is 0 Å². The average Bonchev–Trinajstić information content (AvgIpc) is 2.84. The second-order valence-electron chi connectivity index (χ2n) is 8.33. The number of methoxy groups -OCH3 is 2. The molecule has 0 fully saturated rings. The average molecular weight is 452 g/mol. The van der Waals surface area contributed by atoms with Gasteiger partial charge in [-0.1, -0.05) is 49.4 Å². The molecule has 0 amide bonds. The van der Waals surface area contributed by atoms with Gasteiger partial charge in [0.15, 0.2) is 6.23 Å². The molecule has 6 nitrogen and oxygen atoms in total. The summed E-state index contributed by atoms with van der Waals surface area (Å²) in [6.45, 7) is 1.98. The van der Waals surface area contributed by atoms with Crippen LogP contribution in [0, 0.1) is 5.92 Å². The molecule has 2 unspecified atom stereocenters. The number of rotatable bonds is 11. The molecule has 0 saturated carbocycles. The number of aliphatic hydroxyl groups is 2. The smallest absolute Gasteiger partial charge is 0.173 e. The predicted octanol–water partition coefficient (Wildman–Crippen LogP) is 4.08. The van der Waals surface area contributed by atoms with Crippen LogP contribution in [0.15, 0.2) is 78.9 Å². The number of nitrogens with two attached hydrogens (primary N) is 1. The molecule has 3 aromatic carbocycles. The Hall–Kier alpha value is -3.06. The standard InChI is InChI=1S/C27H33NO5/c1-19(17-25(29)26(28)33-24-7-5-4-6-8-24)18-27(30,20-9-13-22(31-2)14-10-20)21-11-15-23(32-3)16-12-21/h4-16,19,25-26,29-30H,17-18,28H2,1-3H3/t19?,25-,26?/m0/s1. The summed E-state index contributed by atoms with van der Waals surface area (Å²) in [6, 6.07) is 23.9. The van der Waals surface area contributed by atoms with E-state index in [4.69, 9.17) is 19.9 Å². The van der Waals surface area contributed by atoms with Crippen LogP contribution in [-0.2, 0) is 5.60 Å². The fourth-order valence-corrected chi connectivity index (χ4v) is 4.00. The highest BCUT2D eigenvalue weighted by Gasteiger charge is 2.34. The van der Waals surface area contributed by atoms with E-state index >= 15 is 0 Å². The van der Waals surface area contributed by atoms with Gasteiger partial charge in [0.2, 0.25) is 0 Å². The van der Waals surface area contributed by atoms with Crippen molar-refractivity contribution < 1.29 is 24.4 Å². The molecule has 3 atom stereocenters. The summed E-state index contributed by atoms with van der Waals surface area (Å²) in [7, 11) is 3.21. The summed E-state index contributed by atoms with van der Waals surface area (Å²) >= 11 is 0. The maximum atomic E-state index is 11.9. The van der Waals surface area contributed by atoms with E-state index in [9.17, 15) is 10.2 Å². The lowest BCUT2D eigenvalue weighted by Crippen LogP contribution is -2.41. The van der Waals surface area contributed by atoms with Crippen molar-refractivity contribution in [3.63, 3.8) is 0 Å². The highest BCUT2D eigenvalue weighted by Crippen LogP contribution is 2.38. The van der Waals surface area contributed by atoms with E-state index < -0.39 is 17.9 Å². The molecule has 0 aliphatic rings. The van der Waals surface area contributed by atoms with Crippen LogP contribution in [0.25, 0.3) is 0 Å². The molecule has 6 heteroatoms. The van der Waals surface area contributed by atoms with Crippen LogP contribution < -0.4 is 19.9 Å². The zero-order valence-electron chi connectivity index (χ0n) is 19.3. The number of para-hydroxylation sites is 1. The lowest BCUT2D eigenvalue weighted by atomic mass is 9.78. The van der Waals surface area contributed by atoms with Crippen molar-refractivity contribution in [1.29, 1.82) is 0 Å². The van der Waals surface area contributed by atoms with Gasteiger partial charge in [0.1, 0.15) is 29.0 Å². The Morgan fingerprint density at radius 3 is 1.73 bits per heavy atom. The van der Waals surface area contributed by atoms with Crippen molar-refractivity contribution in [3.8, 4) is 17.2 Å². The maximum Gasteiger partial charge on any atom is 0.173 e. The van der Waals surface area contributed by atoms with Crippen molar-refractivity contribution in [2.75, 3.05) is 14.2 Å². The fraction of sp³-hybridized carbons (Fsp3) is 0.333. The number of benzene rings is 3. The van der Waals surface area contributed by atoms with E-state index in [0.29, 0.717) is 30.1 Å². The summed E-state index contributed by atoms with van der Waals surface area (Å²) in [5.74, 6) is 1.95. The summed E-state index contributed by atoms with van der Waals surface area (Å²) in [6.07, 6.45) is -1.02. The van der Waals surface area contributed by atoms with Gasteiger partial charge in [0.05, 0.1) is 14.2 Å². The van der Waals surface area contributed by atoms with Gasteiger partial charge in [0.25, 0.3) is 0 Å². The molecular formula is C27H33NO5. The molecule has 33 heavy (non-hydrogen) atoms. The molecule has 3 aromatic rings. The molecule has 0 radical (unpaired) electrons. The van der Waals surface area contributed by atoms with E-state index in [2.05, 4.69) is 0 Å². The minimum absolute atomic E-state index is 0.0698. The third-order valence-electron chi connectivity index (χ3n) is 5.82. The number of aliphatic hydroxyl groups excluding tert-OH is 1. The molecule has 0 aliphatic heterocycles. The van der Waals surface area contributed by atoms with Crippen LogP contribution in [0.2, 0.25) is 0 Å². The van der Waals surface area contributed by atoms with Crippen LogP contribution in [0.5, 0.6) is 17.2 Å². The molecular weight excluding hydrogens is 418 g/mol. The minimum Gasteiger partial charge on any atom is -0.497 e. The summed E-state index contributed by atoms with van der Waals surface area (Å²) in [4.78, 5) is 0. The Morgan fingerprint density at radius 2 is 1.27 bits per heavy atom. The first kappa shape index (κ1) is 24.6. The van der Waals surface area contributed by atoms with E-state index in [0.717, 1.165) is 11.1 Å². The predicted molar refractivity (Wildman–Crippen MR) is 128 cm³/mol. The summed E-state index contributed by atoms with van der Waals surface area (Å²) in [5, 5.41) is 22.6. The van der Waals surface area contributed by atoms with Crippen LogP contribution in [0.1, 0.15) is 30.9 Å². The Labute approximate surface area is 195 Å². The second kappa shape index (κ2) is 11.2. The maximum absolute atomic E-state index is 11.9. The molecule has 3 rings (SSSR count). The molecule has 176 valence electrons. The Balaban J connectivity index is 1.78. The van der Waals surface area contributed by atoms with Crippen LogP contribution in [0.4, 0.5) is 0 Å². The Kier molecular flexibility index (Phi) is 8.33. The van der Waals surface area contributed by atoms with Gasteiger partial charge in [-0.15, -0.1) is 0 Å². The first-order valence-electron chi connectivity index (χ1n) is 11.0. The fourth-order valence-electron chi connectivity index (χ4n) is 4.00. The Morgan fingerprint density at radius 1 is 0.788 bits per heavy atom. The first-order chi connectivity index (χ1) is 15.9. The third-order valence-corrected chi connectivity index (χ3v) is 5.82. The van der Waals surface area contributed by atoms with Crippen molar-refractivity contribution in [2.24, 2.45) is 11.7 Å². The zero-order chi connectivity index (χ0) is 23.8. The monoisotopic (exact) mass is 451 g/mol. The summed E-state index contributed by atoms with van der Waals surface area (Å²) in [5.41, 5.74) is 6.28. The van der Waals surface area contributed by atoms with Gasteiger partial charge >= 0.3 is 0 Å². The quantitative estimate of drug-likeness (QED) is 0.380. The van der Waals surface area contributed by atoms with Crippen LogP contribution in [0.3, 0.4) is 0 Å². The lowest BCUT2D eigenvalue weighted by molar-refractivity contribution is 0.00673. The molecule has 0 heterocycles. The SMILES string of the molecule is COc1ccc(C(O)(CC(C)C[C@H](O)C(N)Oc2ccccc2)c2ccc(OC)cc2)cc1.